The standard InChI is InChI=1S/C13H21NS/c1-10-7-11(2)13(12(3)8-10)9-14-5-4-6-15/h7-8,14-15H,4-6,9H2,1-3H3. The highest BCUT2D eigenvalue weighted by molar-refractivity contribution is 7.80. The van der Waals surface area contributed by atoms with Crippen LogP contribution in [0.1, 0.15) is 28.7 Å². The van der Waals surface area contributed by atoms with Crippen LogP contribution in [0.15, 0.2) is 12.1 Å². The van der Waals surface area contributed by atoms with E-state index in [0.29, 0.717) is 0 Å². The molecule has 0 fully saturated rings. The number of aryl methyl sites for hydroxylation is 3. The van der Waals surface area contributed by atoms with Gasteiger partial charge in [0.15, 0.2) is 0 Å². The van der Waals surface area contributed by atoms with E-state index in [2.05, 4.69) is 50.8 Å². The van der Waals surface area contributed by atoms with Crippen LogP contribution in [0.5, 0.6) is 0 Å². The van der Waals surface area contributed by atoms with Gasteiger partial charge in [-0.15, -0.1) is 0 Å². The minimum atomic E-state index is 0.957. The van der Waals surface area contributed by atoms with Gasteiger partial charge in [-0.1, -0.05) is 17.7 Å². The molecule has 1 rings (SSSR count). The SMILES string of the molecule is Cc1cc(C)c(CNCCCS)c(C)c1. The normalized spacial score (nSPS) is 10.7. The summed E-state index contributed by atoms with van der Waals surface area (Å²) in [7, 11) is 0. The molecule has 0 aliphatic rings. The molecule has 0 saturated carbocycles. The third-order valence-electron chi connectivity index (χ3n) is 2.65. The van der Waals surface area contributed by atoms with Crippen molar-refractivity contribution in [2.45, 2.75) is 33.7 Å². The van der Waals surface area contributed by atoms with Gasteiger partial charge in [0, 0.05) is 6.54 Å². The second-order valence-corrected chi connectivity index (χ2v) is 4.58. The third-order valence-corrected chi connectivity index (χ3v) is 2.97. The van der Waals surface area contributed by atoms with Crippen LogP contribution in [0.25, 0.3) is 0 Å². The Labute approximate surface area is 98.7 Å². The largest absolute Gasteiger partial charge is 0.313 e. The number of hydrogen-bond acceptors (Lipinski definition) is 2. The fourth-order valence-electron chi connectivity index (χ4n) is 1.91. The van der Waals surface area contributed by atoms with Gasteiger partial charge >= 0.3 is 0 Å². The van der Waals surface area contributed by atoms with E-state index in [1.54, 1.807) is 0 Å². The van der Waals surface area contributed by atoms with E-state index in [1.165, 1.54) is 22.3 Å². The molecule has 15 heavy (non-hydrogen) atoms. The van der Waals surface area contributed by atoms with Crippen LogP contribution in [-0.4, -0.2) is 12.3 Å². The lowest BCUT2D eigenvalue weighted by Gasteiger charge is -2.12. The lowest BCUT2D eigenvalue weighted by molar-refractivity contribution is 0.674. The number of thiol groups is 1. The summed E-state index contributed by atoms with van der Waals surface area (Å²) in [5.41, 5.74) is 5.58. The second kappa shape index (κ2) is 6.19. The Hall–Kier alpha value is -0.470. The third kappa shape index (κ3) is 3.88. The Kier molecular flexibility index (Phi) is 5.20. The Balaban J connectivity index is 2.60. The molecule has 0 saturated heterocycles. The van der Waals surface area contributed by atoms with E-state index in [9.17, 15) is 0 Å². The highest BCUT2D eigenvalue weighted by Crippen LogP contribution is 2.15. The fraction of sp³-hybridized carbons (Fsp3) is 0.538. The Bertz CT molecular complexity index is 297. The van der Waals surface area contributed by atoms with Crippen molar-refractivity contribution in [2.75, 3.05) is 12.3 Å². The van der Waals surface area contributed by atoms with Crippen LogP contribution in [0, 0.1) is 20.8 Å². The van der Waals surface area contributed by atoms with E-state index in [0.717, 1.165) is 25.3 Å². The van der Waals surface area contributed by atoms with Crippen molar-refractivity contribution < 1.29 is 0 Å². The molecule has 0 aliphatic heterocycles. The zero-order chi connectivity index (χ0) is 11.3. The summed E-state index contributed by atoms with van der Waals surface area (Å²) in [5.74, 6) is 0.957. The molecule has 0 unspecified atom stereocenters. The van der Waals surface area contributed by atoms with Gasteiger partial charge in [0.2, 0.25) is 0 Å². The molecule has 1 aromatic carbocycles. The van der Waals surface area contributed by atoms with Gasteiger partial charge in [-0.25, -0.2) is 0 Å². The minimum absolute atomic E-state index is 0.957. The molecule has 0 aliphatic carbocycles. The first-order valence-corrected chi connectivity index (χ1v) is 6.16. The summed E-state index contributed by atoms with van der Waals surface area (Å²) in [6, 6.07) is 4.51. The maximum absolute atomic E-state index is 4.19. The Morgan fingerprint density at radius 1 is 1.13 bits per heavy atom. The van der Waals surface area contributed by atoms with Crippen molar-refractivity contribution in [3.63, 3.8) is 0 Å². The average Bonchev–Trinajstić information content (AvgIpc) is 2.15. The van der Waals surface area contributed by atoms with Crippen LogP contribution in [-0.2, 0) is 6.54 Å². The molecule has 2 heteroatoms. The summed E-state index contributed by atoms with van der Waals surface area (Å²) in [4.78, 5) is 0. The molecule has 0 radical (unpaired) electrons. The van der Waals surface area contributed by atoms with E-state index < -0.39 is 0 Å². The molecule has 0 atom stereocenters. The minimum Gasteiger partial charge on any atom is -0.313 e. The first-order chi connectivity index (χ1) is 7.15. The number of benzene rings is 1. The monoisotopic (exact) mass is 223 g/mol. The first-order valence-electron chi connectivity index (χ1n) is 5.53. The van der Waals surface area contributed by atoms with E-state index in [-0.39, 0.29) is 0 Å². The zero-order valence-corrected chi connectivity index (χ0v) is 10.8. The predicted octanol–water partition coefficient (Wildman–Crippen LogP) is 3.02. The van der Waals surface area contributed by atoms with Gasteiger partial charge < -0.3 is 5.32 Å². The zero-order valence-electron chi connectivity index (χ0n) is 9.93. The number of nitrogens with one attached hydrogen (secondary N) is 1. The summed E-state index contributed by atoms with van der Waals surface area (Å²) < 4.78 is 0. The molecule has 84 valence electrons. The fourth-order valence-corrected chi connectivity index (χ4v) is 2.06. The highest BCUT2D eigenvalue weighted by atomic mass is 32.1. The summed E-state index contributed by atoms with van der Waals surface area (Å²) >= 11 is 4.19. The number of hydrogen-bond donors (Lipinski definition) is 2. The molecular weight excluding hydrogens is 202 g/mol. The molecule has 1 aromatic rings. The van der Waals surface area contributed by atoms with Crippen molar-refractivity contribution in [3.8, 4) is 0 Å². The van der Waals surface area contributed by atoms with Crippen molar-refractivity contribution in [2.24, 2.45) is 0 Å². The van der Waals surface area contributed by atoms with E-state index in [1.807, 2.05) is 0 Å². The topological polar surface area (TPSA) is 12.0 Å². The molecule has 1 N–H and O–H groups in total. The average molecular weight is 223 g/mol. The van der Waals surface area contributed by atoms with Gasteiger partial charge in [0.1, 0.15) is 0 Å². The Morgan fingerprint density at radius 3 is 2.27 bits per heavy atom. The molecule has 0 bridgehead atoms. The first kappa shape index (κ1) is 12.6. The van der Waals surface area contributed by atoms with Gasteiger partial charge in [0.25, 0.3) is 0 Å². The van der Waals surface area contributed by atoms with Crippen LogP contribution in [0.3, 0.4) is 0 Å². The number of rotatable bonds is 5. The highest BCUT2D eigenvalue weighted by Gasteiger charge is 2.02. The van der Waals surface area contributed by atoms with Crippen LogP contribution in [0.4, 0.5) is 0 Å². The molecule has 0 spiro atoms. The van der Waals surface area contributed by atoms with Crippen molar-refractivity contribution in [3.05, 3.63) is 34.4 Å². The van der Waals surface area contributed by atoms with Crippen LogP contribution in [0.2, 0.25) is 0 Å². The van der Waals surface area contributed by atoms with Gasteiger partial charge in [0.05, 0.1) is 0 Å². The lowest BCUT2D eigenvalue weighted by Crippen LogP contribution is -2.16. The summed E-state index contributed by atoms with van der Waals surface area (Å²) in [5, 5.41) is 3.45. The molecule has 0 heterocycles. The smallest absolute Gasteiger partial charge is 0.0210 e. The maximum Gasteiger partial charge on any atom is 0.0210 e. The molecular formula is C13H21NS. The van der Waals surface area contributed by atoms with Crippen LogP contribution >= 0.6 is 12.6 Å². The molecule has 1 nitrogen and oxygen atoms in total. The lowest BCUT2D eigenvalue weighted by atomic mass is 10.00. The summed E-state index contributed by atoms with van der Waals surface area (Å²) in [6.45, 7) is 8.56. The van der Waals surface area contributed by atoms with Gasteiger partial charge in [-0.2, -0.15) is 12.6 Å². The van der Waals surface area contributed by atoms with Crippen molar-refractivity contribution in [1.29, 1.82) is 0 Å². The quantitative estimate of drug-likeness (QED) is 0.577. The molecule has 0 aromatic heterocycles. The van der Waals surface area contributed by atoms with Gasteiger partial charge in [-0.3, -0.25) is 0 Å². The second-order valence-electron chi connectivity index (χ2n) is 4.13. The van der Waals surface area contributed by atoms with Crippen molar-refractivity contribution >= 4 is 12.6 Å². The maximum atomic E-state index is 4.19. The Morgan fingerprint density at radius 2 is 1.73 bits per heavy atom. The van der Waals surface area contributed by atoms with Crippen molar-refractivity contribution in [1.82, 2.24) is 5.32 Å². The predicted molar refractivity (Wildman–Crippen MR) is 70.8 cm³/mol. The molecule has 0 amide bonds. The summed E-state index contributed by atoms with van der Waals surface area (Å²) in [6.07, 6.45) is 1.13. The van der Waals surface area contributed by atoms with Crippen LogP contribution < -0.4 is 5.32 Å². The van der Waals surface area contributed by atoms with E-state index >= 15 is 0 Å². The van der Waals surface area contributed by atoms with E-state index in [4.69, 9.17) is 0 Å². The van der Waals surface area contributed by atoms with Gasteiger partial charge in [-0.05, 0) is 56.2 Å².